The molecule has 0 unspecified atom stereocenters. The number of nitrogens with zero attached hydrogens (tertiary/aromatic N) is 1. The SMILES string of the molecule is COCCNCC(=O)N(C)CCc1cccs1. The summed E-state index contributed by atoms with van der Waals surface area (Å²) in [5.74, 6) is 0.123. The first-order valence-electron chi connectivity index (χ1n) is 5.70. The Hall–Kier alpha value is -0.910. The topological polar surface area (TPSA) is 41.6 Å². The highest BCUT2D eigenvalue weighted by Gasteiger charge is 2.07. The maximum absolute atomic E-state index is 11.7. The first-order chi connectivity index (χ1) is 8.24. The molecule has 1 aromatic rings. The third kappa shape index (κ3) is 5.81. The van der Waals surface area contributed by atoms with Crippen LogP contribution in [-0.4, -0.2) is 51.2 Å². The van der Waals surface area contributed by atoms with E-state index in [2.05, 4.69) is 16.8 Å². The van der Waals surface area contributed by atoms with Gasteiger partial charge in [0.05, 0.1) is 13.2 Å². The molecular formula is C12H20N2O2S. The van der Waals surface area contributed by atoms with Crippen molar-refractivity contribution in [3.63, 3.8) is 0 Å². The Bertz CT molecular complexity index is 314. The Morgan fingerprint density at radius 1 is 1.59 bits per heavy atom. The van der Waals surface area contributed by atoms with E-state index in [1.807, 2.05) is 13.1 Å². The lowest BCUT2D eigenvalue weighted by molar-refractivity contribution is -0.128. The molecule has 0 atom stereocenters. The molecule has 1 heterocycles. The van der Waals surface area contributed by atoms with Gasteiger partial charge < -0.3 is 15.0 Å². The largest absolute Gasteiger partial charge is 0.383 e. The molecule has 0 fully saturated rings. The lowest BCUT2D eigenvalue weighted by Gasteiger charge is -2.16. The normalized spacial score (nSPS) is 10.5. The fourth-order valence-electron chi connectivity index (χ4n) is 1.36. The van der Waals surface area contributed by atoms with Gasteiger partial charge in [0.25, 0.3) is 0 Å². The number of thiophene rings is 1. The summed E-state index contributed by atoms with van der Waals surface area (Å²) in [5.41, 5.74) is 0. The van der Waals surface area contributed by atoms with Crippen molar-refractivity contribution in [2.75, 3.05) is 40.4 Å². The fourth-order valence-corrected chi connectivity index (χ4v) is 2.06. The number of methoxy groups -OCH3 is 1. The highest BCUT2D eigenvalue weighted by Crippen LogP contribution is 2.09. The van der Waals surface area contributed by atoms with Crippen molar-refractivity contribution >= 4 is 17.2 Å². The monoisotopic (exact) mass is 256 g/mol. The highest BCUT2D eigenvalue weighted by atomic mass is 32.1. The number of likely N-dealkylation sites (N-methyl/N-ethyl adjacent to an activating group) is 1. The minimum absolute atomic E-state index is 0.123. The Kier molecular flexibility index (Phi) is 6.84. The fraction of sp³-hybridized carbons (Fsp3) is 0.583. The Morgan fingerprint density at radius 3 is 3.06 bits per heavy atom. The molecule has 0 aliphatic carbocycles. The number of amides is 1. The summed E-state index contributed by atoms with van der Waals surface area (Å²) >= 11 is 1.73. The van der Waals surface area contributed by atoms with Crippen molar-refractivity contribution in [1.29, 1.82) is 0 Å². The zero-order valence-electron chi connectivity index (χ0n) is 10.4. The predicted molar refractivity (Wildman–Crippen MR) is 70.4 cm³/mol. The molecule has 4 nitrogen and oxygen atoms in total. The standard InChI is InChI=1S/C12H20N2O2S/c1-14(7-5-11-4-3-9-17-11)12(15)10-13-6-8-16-2/h3-4,9,13H,5-8,10H2,1-2H3. The Balaban J connectivity index is 2.13. The number of carbonyl (C=O) groups is 1. The highest BCUT2D eigenvalue weighted by molar-refractivity contribution is 7.09. The van der Waals surface area contributed by atoms with E-state index >= 15 is 0 Å². The number of rotatable bonds is 8. The Labute approximate surface area is 107 Å². The van der Waals surface area contributed by atoms with E-state index in [0.29, 0.717) is 19.7 Å². The number of hydrogen-bond donors (Lipinski definition) is 1. The van der Waals surface area contributed by atoms with E-state index < -0.39 is 0 Å². The maximum atomic E-state index is 11.7. The van der Waals surface area contributed by atoms with Gasteiger partial charge in [0.15, 0.2) is 0 Å². The first kappa shape index (κ1) is 14.2. The third-order valence-electron chi connectivity index (χ3n) is 2.46. The summed E-state index contributed by atoms with van der Waals surface area (Å²) in [5, 5.41) is 5.11. The van der Waals surface area contributed by atoms with E-state index in [-0.39, 0.29) is 5.91 Å². The van der Waals surface area contributed by atoms with Crippen molar-refractivity contribution in [3.8, 4) is 0 Å². The van der Waals surface area contributed by atoms with Crippen molar-refractivity contribution in [2.24, 2.45) is 0 Å². The van der Waals surface area contributed by atoms with E-state index in [1.165, 1.54) is 4.88 Å². The molecule has 0 radical (unpaired) electrons. The number of ether oxygens (including phenoxy) is 1. The molecule has 0 aromatic carbocycles. The smallest absolute Gasteiger partial charge is 0.236 e. The molecule has 0 spiro atoms. The van der Waals surface area contributed by atoms with E-state index in [0.717, 1.165) is 13.0 Å². The molecule has 0 aliphatic heterocycles. The molecule has 96 valence electrons. The average molecular weight is 256 g/mol. The molecule has 5 heteroatoms. The second kappa shape index (κ2) is 8.22. The van der Waals surface area contributed by atoms with Gasteiger partial charge >= 0.3 is 0 Å². The zero-order chi connectivity index (χ0) is 12.5. The first-order valence-corrected chi connectivity index (χ1v) is 6.58. The van der Waals surface area contributed by atoms with Gasteiger partial charge in [-0.2, -0.15) is 0 Å². The second-order valence-corrected chi connectivity index (χ2v) is 4.85. The molecule has 1 N–H and O–H groups in total. The van der Waals surface area contributed by atoms with Crippen LogP contribution >= 0.6 is 11.3 Å². The molecule has 0 saturated heterocycles. The molecule has 1 aromatic heterocycles. The quantitative estimate of drug-likeness (QED) is 0.705. The molecule has 0 saturated carbocycles. The second-order valence-electron chi connectivity index (χ2n) is 3.81. The van der Waals surface area contributed by atoms with Gasteiger partial charge in [-0.05, 0) is 17.9 Å². The van der Waals surface area contributed by atoms with E-state index in [9.17, 15) is 4.79 Å². The summed E-state index contributed by atoms with van der Waals surface area (Å²) in [4.78, 5) is 14.8. The summed E-state index contributed by atoms with van der Waals surface area (Å²) in [7, 11) is 3.49. The number of carbonyl (C=O) groups excluding carboxylic acids is 1. The van der Waals surface area contributed by atoms with Gasteiger partial charge in [-0.15, -0.1) is 11.3 Å². The van der Waals surface area contributed by atoms with Crippen molar-refractivity contribution in [3.05, 3.63) is 22.4 Å². The minimum Gasteiger partial charge on any atom is -0.383 e. The van der Waals surface area contributed by atoms with Gasteiger partial charge in [0.1, 0.15) is 0 Å². The van der Waals surface area contributed by atoms with Crippen LogP contribution in [0.25, 0.3) is 0 Å². The van der Waals surface area contributed by atoms with Gasteiger partial charge in [-0.1, -0.05) is 6.07 Å². The predicted octanol–water partition coefficient (Wildman–Crippen LogP) is 0.985. The van der Waals surface area contributed by atoms with Crippen molar-refractivity contribution in [2.45, 2.75) is 6.42 Å². The summed E-state index contributed by atoms with van der Waals surface area (Å²) in [6.07, 6.45) is 0.929. The van der Waals surface area contributed by atoms with Gasteiger partial charge in [-0.25, -0.2) is 0 Å². The van der Waals surface area contributed by atoms with Crippen molar-refractivity contribution in [1.82, 2.24) is 10.2 Å². The van der Waals surface area contributed by atoms with Crippen LogP contribution in [0.1, 0.15) is 4.88 Å². The van der Waals surface area contributed by atoms with Crippen LogP contribution in [0.4, 0.5) is 0 Å². The lowest BCUT2D eigenvalue weighted by Crippen LogP contribution is -2.37. The van der Waals surface area contributed by atoms with Gasteiger partial charge in [0, 0.05) is 32.1 Å². The van der Waals surface area contributed by atoms with Crippen LogP contribution in [0.15, 0.2) is 17.5 Å². The van der Waals surface area contributed by atoms with Crippen LogP contribution in [0.5, 0.6) is 0 Å². The van der Waals surface area contributed by atoms with Crippen LogP contribution in [0.3, 0.4) is 0 Å². The molecule has 0 aliphatic rings. The molecule has 1 rings (SSSR count). The molecular weight excluding hydrogens is 236 g/mol. The average Bonchev–Trinajstić information content (AvgIpc) is 2.84. The number of hydrogen-bond acceptors (Lipinski definition) is 4. The summed E-state index contributed by atoms with van der Waals surface area (Å²) < 4.78 is 4.89. The Morgan fingerprint density at radius 2 is 2.41 bits per heavy atom. The van der Waals surface area contributed by atoms with Crippen LogP contribution < -0.4 is 5.32 Å². The minimum atomic E-state index is 0.123. The van der Waals surface area contributed by atoms with E-state index in [1.54, 1.807) is 23.3 Å². The lowest BCUT2D eigenvalue weighted by atomic mass is 10.3. The molecule has 17 heavy (non-hydrogen) atoms. The van der Waals surface area contributed by atoms with Crippen LogP contribution in [0.2, 0.25) is 0 Å². The molecule has 0 bridgehead atoms. The number of nitrogens with one attached hydrogen (secondary N) is 1. The summed E-state index contributed by atoms with van der Waals surface area (Å²) in [6.45, 7) is 2.49. The maximum Gasteiger partial charge on any atom is 0.236 e. The zero-order valence-corrected chi connectivity index (χ0v) is 11.3. The van der Waals surface area contributed by atoms with E-state index in [4.69, 9.17) is 4.74 Å². The third-order valence-corrected chi connectivity index (χ3v) is 3.39. The van der Waals surface area contributed by atoms with Gasteiger partial charge in [0.2, 0.25) is 5.91 Å². The van der Waals surface area contributed by atoms with Gasteiger partial charge in [-0.3, -0.25) is 4.79 Å². The van der Waals surface area contributed by atoms with Crippen LogP contribution in [-0.2, 0) is 16.0 Å². The van der Waals surface area contributed by atoms with Crippen LogP contribution in [0, 0.1) is 0 Å². The summed E-state index contributed by atoms with van der Waals surface area (Å²) in [6, 6.07) is 4.13. The molecule has 1 amide bonds. The van der Waals surface area contributed by atoms with Crippen molar-refractivity contribution < 1.29 is 9.53 Å².